The number of nitro groups is 1. The Morgan fingerprint density at radius 2 is 2.05 bits per heavy atom. The van der Waals surface area contributed by atoms with Crippen molar-refractivity contribution in [2.45, 2.75) is 18.9 Å². The number of halogens is 2. The summed E-state index contributed by atoms with van der Waals surface area (Å²) in [6.07, 6.45) is 0.546. The van der Waals surface area contributed by atoms with E-state index in [1.807, 2.05) is 6.92 Å². The van der Waals surface area contributed by atoms with E-state index in [1.54, 1.807) is 0 Å². The molecule has 0 heterocycles. The van der Waals surface area contributed by atoms with Crippen LogP contribution in [0.5, 0.6) is 5.75 Å². The molecule has 0 bridgehead atoms. The molecule has 0 aromatic heterocycles. The first-order chi connectivity index (χ1) is 9.92. The number of rotatable bonds is 7. The van der Waals surface area contributed by atoms with Gasteiger partial charge < -0.3 is 10.1 Å². The molecule has 8 heteroatoms. The van der Waals surface area contributed by atoms with Crippen LogP contribution in [-0.2, 0) is 0 Å². The Bertz CT molecular complexity index is 525. The largest absolute Gasteiger partial charge is 0.490 e. The lowest BCUT2D eigenvalue weighted by Crippen LogP contribution is -2.51. The highest BCUT2D eigenvalue weighted by Crippen LogP contribution is 2.28. The quantitative estimate of drug-likeness (QED) is 0.472. The minimum absolute atomic E-state index is 0.0907. The van der Waals surface area contributed by atoms with Gasteiger partial charge in [-0.25, -0.2) is 0 Å². The molecule has 116 valence electrons. The van der Waals surface area contributed by atoms with Gasteiger partial charge in [-0.3, -0.25) is 14.9 Å². The normalized spacial score (nSPS) is 11.0. The van der Waals surface area contributed by atoms with Crippen molar-refractivity contribution >= 4 is 34.8 Å². The van der Waals surface area contributed by atoms with Crippen molar-refractivity contribution in [3.05, 3.63) is 33.9 Å². The van der Waals surface area contributed by atoms with Crippen LogP contribution in [0.15, 0.2) is 18.2 Å². The highest BCUT2D eigenvalue weighted by atomic mass is 35.5. The molecule has 0 fully saturated rings. The van der Waals surface area contributed by atoms with Crippen molar-refractivity contribution in [2.75, 3.05) is 18.9 Å². The first-order valence-electron chi connectivity index (χ1n) is 6.20. The molecule has 21 heavy (non-hydrogen) atoms. The SMILES string of the molecule is CCC(CCl)(CCl)NC(=O)c1ccc(OC)c([N+](=O)[O-])c1. The maximum atomic E-state index is 12.2. The summed E-state index contributed by atoms with van der Waals surface area (Å²) in [4.78, 5) is 22.6. The Morgan fingerprint density at radius 3 is 2.48 bits per heavy atom. The third-order valence-corrected chi connectivity index (χ3v) is 4.23. The Morgan fingerprint density at radius 1 is 1.43 bits per heavy atom. The number of nitrogens with one attached hydrogen (secondary N) is 1. The summed E-state index contributed by atoms with van der Waals surface area (Å²) < 4.78 is 4.89. The van der Waals surface area contributed by atoms with E-state index in [2.05, 4.69) is 5.32 Å². The lowest BCUT2D eigenvalue weighted by molar-refractivity contribution is -0.385. The molecule has 1 aromatic carbocycles. The van der Waals surface area contributed by atoms with Gasteiger partial charge in [0.1, 0.15) is 0 Å². The molecule has 0 unspecified atom stereocenters. The highest BCUT2D eigenvalue weighted by molar-refractivity contribution is 6.22. The lowest BCUT2D eigenvalue weighted by atomic mass is 10.0. The molecule has 0 spiro atoms. The van der Waals surface area contributed by atoms with Crippen LogP contribution in [0.25, 0.3) is 0 Å². The molecule has 0 aliphatic rings. The second kappa shape index (κ2) is 7.47. The standard InChI is InChI=1S/C13H16Cl2N2O4/c1-3-13(7-14,8-15)16-12(18)9-4-5-11(21-2)10(6-9)17(19)20/h4-6H,3,7-8H2,1-2H3,(H,16,18). The fourth-order valence-corrected chi connectivity index (χ4v) is 2.46. The molecule has 0 aliphatic carbocycles. The number of carbonyl (C=O) groups is 1. The number of ether oxygens (including phenoxy) is 1. The minimum atomic E-state index is -0.741. The average molecular weight is 335 g/mol. The van der Waals surface area contributed by atoms with Crippen LogP contribution in [0.4, 0.5) is 5.69 Å². The van der Waals surface area contributed by atoms with Gasteiger partial charge in [-0.2, -0.15) is 0 Å². The lowest BCUT2D eigenvalue weighted by Gasteiger charge is -2.29. The Hall–Kier alpha value is -1.53. The summed E-state index contributed by atoms with van der Waals surface area (Å²) in [5, 5.41) is 13.7. The third kappa shape index (κ3) is 3.98. The highest BCUT2D eigenvalue weighted by Gasteiger charge is 2.29. The smallest absolute Gasteiger partial charge is 0.311 e. The van der Waals surface area contributed by atoms with Crippen LogP contribution < -0.4 is 10.1 Å². The van der Waals surface area contributed by atoms with E-state index >= 15 is 0 Å². The monoisotopic (exact) mass is 334 g/mol. The van der Waals surface area contributed by atoms with Crippen LogP contribution in [0.2, 0.25) is 0 Å². The number of amides is 1. The number of methoxy groups -OCH3 is 1. The first-order valence-corrected chi connectivity index (χ1v) is 7.26. The summed E-state index contributed by atoms with van der Waals surface area (Å²) in [7, 11) is 1.32. The Labute approximate surface area is 132 Å². The molecule has 6 nitrogen and oxygen atoms in total. The van der Waals surface area contributed by atoms with Crippen molar-refractivity contribution in [1.29, 1.82) is 0 Å². The van der Waals surface area contributed by atoms with E-state index in [-0.39, 0.29) is 28.8 Å². The third-order valence-electron chi connectivity index (χ3n) is 3.20. The van der Waals surface area contributed by atoms with Gasteiger partial charge in [0.15, 0.2) is 5.75 Å². The van der Waals surface area contributed by atoms with Crippen LogP contribution in [-0.4, -0.2) is 35.2 Å². The average Bonchev–Trinajstić information content (AvgIpc) is 2.51. The zero-order chi connectivity index (χ0) is 16.0. The zero-order valence-corrected chi connectivity index (χ0v) is 13.2. The predicted molar refractivity (Wildman–Crippen MR) is 81.6 cm³/mol. The molecular weight excluding hydrogens is 319 g/mol. The Kier molecular flexibility index (Phi) is 6.23. The number of benzene rings is 1. The summed E-state index contributed by atoms with van der Waals surface area (Å²) in [5.74, 6) is -0.0783. The number of hydrogen-bond donors (Lipinski definition) is 1. The maximum absolute atomic E-state index is 12.2. The zero-order valence-electron chi connectivity index (χ0n) is 11.7. The fraction of sp³-hybridized carbons (Fsp3) is 0.462. The van der Waals surface area contributed by atoms with Gasteiger partial charge in [-0.15, -0.1) is 23.2 Å². The first kappa shape index (κ1) is 17.5. The van der Waals surface area contributed by atoms with Crippen molar-refractivity contribution in [3.63, 3.8) is 0 Å². The van der Waals surface area contributed by atoms with E-state index in [0.29, 0.717) is 6.42 Å². The van der Waals surface area contributed by atoms with Gasteiger partial charge in [0, 0.05) is 23.4 Å². The van der Waals surface area contributed by atoms with Gasteiger partial charge in [-0.05, 0) is 18.6 Å². The number of nitro benzene ring substituents is 1. The van der Waals surface area contributed by atoms with Crippen LogP contribution in [0.3, 0.4) is 0 Å². The van der Waals surface area contributed by atoms with E-state index < -0.39 is 16.4 Å². The second-order valence-corrected chi connectivity index (χ2v) is 5.03. The van der Waals surface area contributed by atoms with Crippen LogP contribution in [0.1, 0.15) is 23.7 Å². The molecule has 0 radical (unpaired) electrons. The van der Waals surface area contributed by atoms with E-state index in [1.165, 1.54) is 19.2 Å². The predicted octanol–water partition coefficient (Wildman–Crippen LogP) is 2.96. The van der Waals surface area contributed by atoms with Gasteiger partial charge in [0.2, 0.25) is 0 Å². The van der Waals surface area contributed by atoms with E-state index in [9.17, 15) is 14.9 Å². The number of hydrogen-bond acceptors (Lipinski definition) is 4. The summed E-state index contributed by atoms with van der Waals surface area (Å²) >= 11 is 11.7. The fourth-order valence-electron chi connectivity index (χ4n) is 1.67. The number of carbonyl (C=O) groups excluding carboxylic acids is 1. The minimum Gasteiger partial charge on any atom is -0.490 e. The molecule has 1 amide bonds. The van der Waals surface area contributed by atoms with Gasteiger partial charge >= 0.3 is 5.69 Å². The number of alkyl halides is 2. The number of nitrogens with zero attached hydrogens (tertiary/aromatic N) is 1. The molecule has 1 aromatic rings. The summed E-state index contributed by atoms with van der Waals surface area (Å²) in [6.45, 7) is 1.85. The molecule has 0 saturated carbocycles. The van der Waals surface area contributed by atoms with E-state index in [0.717, 1.165) is 6.07 Å². The molecule has 1 rings (SSSR count). The van der Waals surface area contributed by atoms with Crippen molar-refractivity contribution in [3.8, 4) is 5.75 Å². The van der Waals surface area contributed by atoms with Crippen molar-refractivity contribution in [2.24, 2.45) is 0 Å². The maximum Gasteiger partial charge on any atom is 0.311 e. The molecule has 1 N–H and O–H groups in total. The van der Waals surface area contributed by atoms with Gasteiger partial charge in [0.05, 0.1) is 17.6 Å². The van der Waals surface area contributed by atoms with Crippen LogP contribution >= 0.6 is 23.2 Å². The second-order valence-electron chi connectivity index (χ2n) is 4.50. The van der Waals surface area contributed by atoms with Gasteiger partial charge in [-0.1, -0.05) is 6.92 Å². The summed E-state index contributed by atoms with van der Waals surface area (Å²) in [5.41, 5.74) is -0.867. The molecule has 0 atom stereocenters. The van der Waals surface area contributed by atoms with Crippen LogP contribution in [0, 0.1) is 10.1 Å². The van der Waals surface area contributed by atoms with E-state index in [4.69, 9.17) is 27.9 Å². The summed E-state index contributed by atoms with van der Waals surface area (Å²) in [6, 6.07) is 3.99. The van der Waals surface area contributed by atoms with Crippen molar-refractivity contribution < 1.29 is 14.5 Å². The van der Waals surface area contributed by atoms with Gasteiger partial charge in [0.25, 0.3) is 5.91 Å². The Balaban J connectivity index is 3.08. The molecule has 0 saturated heterocycles. The van der Waals surface area contributed by atoms with Crippen molar-refractivity contribution in [1.82, 2.24) is 5.32 Å². The molecule has 0 aliphatic heterocycles. The topological polar surface area (TPSA) is 81.5 Å². The molecular formula is C13H16Cl2N2O4.